The number of amides is 1. The van der Waals surface area contributed by atoms with Crippen LogP contribution in [-0.2, 0) is 17.8 Å². The van der Waals surface area contributed by atoms with Crippen LogP contribution in [0.25, 0.3) is 0 Å². The molecule has 2 aromatic rings. The van der Waals surface area contributed by atoms with E-state index in [-0.39, 0.29) is 6.09 Å². The van der Waals surface area contributed by atoms with Crippen molar-refractivity contribution in [1.29, 1.82) is 0 Å². The van der Waals surface area contributed by atoms with E-state index in [4.69, 9.17) is 4.74 Å². The van der Waals surface area contributed by atoms with Gasteiger partial charge in [0.2, 0.25) is 0 Å². The Hall–Kier alpha value is -2.37. The van der Waals surface area contributed by atoms with Crippen molar-refractivity contribution in [3.8, 4) is 0 Å². The SMILES string of the molecule is CC(C)(C)OC(=O)NCCCN(CCNCc1ccccc1)Cc1ccccc1. The highest BCUT2D eigenvalue weighted by atomic mass is 16.6. The Morgan fingerprint density at radius 2 is 1.52 bits per heavy atom. The van der Waals surface area contributed by atoms with Gasteiger partial charge in [-0.3, -0.25) is 4.90 Å². The summed E-state index contributed by atoms with van der Waals surface area (Å²) in [5, 5.41) is 6.36. The van der Waals surface area contributed by atoms with Gasteiger partial charge < -0.3 is 15.4 Å². The standard InChI is InChI=1S/C24H35N3O2/c1-24(2,3)29-23(28)26-15-10-17-27(20-22-13-8-5-9-14-22)18-16-25-19-21-11-6-4-7-12-21/h4-9,11-14,25H,10,15-20H2,1-3H3,(H,26,28). The Balaban J connectivity index is 1.74. The third-order valence-corrected chi connectivity index (χ3v) is 4.35. The smallest absolute Gasteiger partial charge is 0.407 e. The molecule has 5 heteroatoms. The summed E-state index contributed by atoms with van der Waals surface area (Å²) in [6.45, 7) is 10.8. The summed E-state index contributed by atoms with van der Waals surface area (Å²) >= 11 is 0. The lowest BCUT2D eigenvalue weighted by Crippen LogP contribution is -2.36. The van der Waals surface area contributed by atoms with Gasteiger partial charge in [-0.15, -0.1) is 0 Å². The molecular formula is C24H35N3O2. The summed E-state index contributed by atoms with van der Waals surface area (Å²) in [4.78, 5) is 14.2. The number of ether oxygens (including phenoxy) is 1. The first kappa shape index (κ1) is 22.9. The molecule has 2 aromatic carbocycles. The third-order valence-electron chi connectivity index (χ3n) is 4.35. The number of nitrogens with one attached hydrogen (secondary N) is 2. The van der Waals surface area contributed by atoms with Gasteiger partial charge in [0.25, 0.3) is 0 Å². The minimum Gasteiger partial charge on any atom is -0.444 e. The van der Waals surface area contributed by atoms with Crippen LogP contribution in [0.15, 0.2) is 60.7 Å². The van der Waals surface area contributed by atoms with Gasteiger partial charge in [0, 0.05) is 39.3 Å². The molecule has 0 fully saturated rings. The van der Waals surface area contributed by atoms with Crippen LogP contribution in [0.2, 0.25) is 0 Å². The monoisotopic (exact) mass is 397 g/mol. The summed E-state index contributed by atoms with van der Waals surface area (Å²) in [7, 11) is 0. The van der Waals surface area contributed by atoms with E-state index in [1.165, 1.54) is 11.1 Å². The molecule has 2 N–H and O–H groups in total. The molecular weight excluding hydrogens is 362 g/mol. The Morgan fingerprint density at radius 3 is 2.14 bits per heavy atom. The largest absolute Gasteiger partial charge is 0.444 e. The minimum absolute atomic E-state index is 0.350. The van der Waals surface area contributed by atoms with Gasteiger partial charge >= 0.3 is 6.09 Å². The molecule has 29 heavy (non-hydrogen) atoms. The maximum absolute atomic E-state index is 11.8. The molecule has 1 amide bonds. The Kier molecular flexibility index (Phi) is 9.68. The van der Waals surface area contributed by atoms with E-state index in [0.29, 0.717) is 6.54 Å². The molecule has 2 rings (SSSR count). The minimum atomic E-state index is -0.464. The molecule has 0 aliphatic carbocycles. The van der Waals surface area contributed by atoms with Crippen LogP contribution in [0, 0.1) is 0 Å². The van der Waals surface area contributed by atoms with Crippen molar-refractivity contribution >= 4 is 6.09 Å². The second-order valence-corrected chi connectivity index (χ2v) is 8.21. The van der Waals surface area contributed by atoms with Gasteiger partial charge in [-0.25, -0.2) is 4.79 Å². The van der Waals surface area contributed by atoms with Crippen LogP contribution in [0.4, 0.5) is 4.79 Å². The quantitative estimate of drug-likeness (QED) is 0.558. The zero-order valence-electron chi connectivity index (χ0n) is 18.0. The fraction of sp³-hybridized carbons (Fsp3) is 0.458. The van der Waals surface area contributed by atoms with E-state index in [1.54, 1.807) is 0 Å². The van der Waals surface area contributed by atoms with E-state index < -0.39 is 5.60 Å². The van der Waals surface area contributed by atoms with Crippen molar-refractivity contribution in [3.63, 3.8) is 0 Å². The van der Waals surface area contributed by atoms with Crippen molar-refractivity contribution in [2.24, 2.45) is 0 Å². The maximum atomic E-state index is 11.8. The second-order valence-electron chi connectivity index (χ2n) is 8.21. The Labute approximate surface area is 175 Å². The fourth-order valence-electron chi connectivity index (χ4n) is 2.98. The molecule has 0 atom stereocenters. The fourth-order valence-corrected chi connectivity index (χ4v) is 2.98. The molecule has 0 aliphatic rings. The molecule has 0 aliphatic heterocycles. The normalized spacial score (nSPS) is 11.4. The number of carbonyl (C=O) groups is 1. The summed E-state index contributed by atoms with van der Waals surface area (Å²) in [5.41, 5.74) is 2.13. The van der Waals surface area contributed by atoms with E-state index in [9.17, 15) is 4.79 Å². The highest BCUT2D eigenvalue weighted by Crippen LogP contribution is 2.07. The lowest BCUT2D eigenvalue weighted by atomic mass is 10.2. The number of nitrogens with zero attached hydrogens (tertiary/aromatic N) is 1. The number of carbonyl (C=O) groups excluding carboxylic acids is 1. The van der Waals surface area contributed by atoms with Gasteiger partial charge in [0.1, 0.15) is 5.60 Å². The van der Waals surface area contributed by atoms with Crippen LogP contribution in [0.5, 0.6) is 0 Å². The molecule has 0 bridgehead atoms. The van der Waals surface area contributed by atoms with E-state index in [0.717, 1.165) is 39.1 Å². The first-order valence-corrected chi connectivity index (χ1v) is 10.4. The van der Waals surface area contributed by atoms with Crippen molar-refractivity contribution in [2.75, 3.05) is 26.2 Å². The molecule has 0 saturated carbocycles. The Morgan fingerprint density at radius 1 is 0.897 bits per heavy atom. The van der Waals surface area contributed by atoms with Gasteiger partial charge in [-0.05, 0) is 38.3 Å². The van der Waals surface area contributed by atoms with Crippen LogP contribution in [0.1, 0.15) is 38.3 Å². The van der Waals surface area contributed by atoms with Crippen LogP contribution in [0.3, 0.4) is 0 Å². The van der Waals surface area contributed by atoms with Gasteiger partial charge in [-0.1, -0.05) is 60.7 Å². The topological polar surface area (TPSA) is 53.6 Å². The molecule has 5 nitrogen and oxygen atoms in total. The predicted molar refractivity (Wildman–Crippen MR) is 119 cm³/mol. The van der Waals surface area contributed by atoms with Crippen molar-refractivity contribution in [2.45, 2.75) is 45.9 Å². The molecule has 158 valence electrons. The van der Waals surface area contributed by atoms with Gasteiger partial charge in [0.15, 0.2) is 0 Å². The number of rotatable bonds is 11. The highest BCUT2D eigenvalue weighted by molar-refractivity contribution is 5.67. The van der Waals surface area contributed by atoms with E-state index in [1.807, 2.05) is 32.9 Å². The maximum Gasteiger partial charge on any atom is 0.407 e. The lowest BCUT2D eigenvalue weighted by molar-refractivity contribution is 0.0525. The zero-order chi connectivity index (χ0) is 21.0. The summed E-state index contributed by atoms with van der Waals surface area (Å²) in [6, 6.07) is 20.9. The average Bonchev–Trinajstić information content (AvgIpc) is 2.68. The Bertz CT molecular complexity index is 699. The number of hydrogen-bond donors (Lipinski definition) is 2. The summed E-state index contributed by atoms with van der Waals surface area (Å²) in [5.74, 6) is 0. The molecule has 0 heterocycles. The predicted octanol–water partition coefficient (Wildman–Crippen LogP) is 4.19. The first-order chi connectivity index (χ1) is 13.9. The van der Waals surface area contributed by atoms with Crippen LogP contribution in [-0.4, -0.2) is 42.8 Å². The highest BCUT2D eigenvalue weighted by Gasteiger charge is 2.15. The van der Waals surface area contributed by atoms with E-state index in [2.05, 4.69) is 64.1 Å². The van der Waals surface area contributed by atoms with Gasteiger partial charge in [0.05, 0.1) is 0 Å². The number of benzene rings is 2. The molecule has 0 saturated heterocycles. The number of hydrogen-bond acceptors (Lipinski definition) is 4. The molecule has 0 unspecified atom stereocenters. The lowest BCUT2D eigenvalue weighted by Gasteiger charge is -2.23. The summed E-state index contributed by atoms with van der Waals surface area (Å²) in [6.07, 6.45) is 0.529. The zero-order valence-corrected chi connectivity index (χ0v) is 18.0. The van der Waals surface area contributed by atoms with Crippen LogP contribution < -0.4 is 10.6 Å². The van der Waals surface area contributed by atoms with Crippen LogP contribution >= 0.6 is 0 Å². The first-order valence-electron chi connectivity index (χ1n) is 10.4. The van der Waals surface area contributed by atoms with Crippen molar-refractivity contribution in [3.05, 3.63) is 71.8 Å². The molecule has 0 spiro atoms. The summed E-state index contributed by atoms with van der Waals surface area (Å²) < 4.78 is 5.29. The third kappa shape index (κ3) is 10.7. The van der Waals surface area contributed by atoms with Crippen molar-refractivity contribution in [1.82, 2.24) is 15.5 Å². The average molecular weight is 398 g/mol. The molecule has 0 aromatic heterocycles. The van der Waals surface area contributed by atoms with Crippen molar-refractivity contribution < 1.29 is 9.53 Å². The van der Waals surface area contributed by atoms with E-state index >= 15 is 0 Å². The second kappa shape index (κ2) is 12.2. The molecule has 0 radical (unpaired) electrons. The van der Waals surface area contributed by atoms with Gasteiger partial charge in [-0.2, -0.15) is 0 Å². The number of alkyl carbamates (subject to hydrolysis) is 1.